The first kappa shape index (κ1) is 14.2. The van der Waals surface area contributed by atoms with Crippen LogP contribution in [0.4, 0.5) is 0 Å². The summed E-state index contributed by atoms with van der Waals surface area (Å²) in [6.45, 7) is 3.98. The Kier molecular flexibility index (Phi) is 4.66. The summed E-state index contributed by atoms with van der Waals surface area (Å²) < 4.78 is 5.53. The predicted molar refractivity (Wildman–Crippen MR) is 73.8 cm³/mol. The van der Waals surface area contributed by atoms with Crippen LogP contribution in [-0.4, -0.2) is 35.7 Å². The van der Waals surface area contributed by atoms with Gasteiger partial charge in [-0.2, -0.15) is 0 Å². The van der Waals surface area contributed by atoms with Crippen LogP contribution in [0.15, 0.2) is 18.2 Å². The molecule has 1 heterocycles. The van der Waals surface area contributed by atoms with Crippen LogP contribution in [-0.2, 0) is 4.79 Å². The van der Waals surface area contributed by atoms with Crippen LogP contribution in [0.3, 0.4) is 0 Å². The average Bonchev–Trinajstić information content (AvgIpc) is 2.86. The van der Waals surface area contributed by atoms with Crippen molar-refractivity contribution in [1.82, 2.24) is 4.90 Å². The minimum Gasteiger partial charge on any atom is -0.494 e. The van der Waals surface area contributed by atoms with E-state index in [4.69, 9.17) is 16.3 Å². The van der Waals surface area contributed by atoms with Gasteiger partial charge in [-0.05, 0) is 51.1 Å². The van der Waals surface area contributed by atoms with Crippen molar-refractivity contribution in [3.05, 3.63) is 28.8 Å². The van der Waals surface area contributed by atoms with Crippen molar-refractivity contribution in [3.63, 3.8) is 0 Å². The molecule has 1 aromatic carbocycles. The third kappa shape index (κ3) is 3.19. The van der Waals surface area contributed by atoms with Gasteiger partial charge in [0.15, 0.2) is 0 Å². The first-order chi connectivity index (χ1) is 9.13. The van der Waals surface area contributed by atoms with Gasteiger partial charge >= 0.3 is 5.97 Å². The van der Waals surface area contributed by atoms with Gasteiger partial charge in [-0.15, -0.1) is 0 Å². The van der Waals surface area contributed by atoms with Gasteiger partial charge < -0.3 is 9.84 Å². The van der Waals surface area contributed by atoms with Crippen LogP contribution in [0, 0.1) is 0 Å². The molecule has 0 unspecified atom stereocenters. The van der Waals surface area contributed by atoms with E-state index in [1.807, 2.05) is 11.8 Å². The van der Waals surface area contributed by atoms with E-state index >= 15 is 0 Å². The Hall–Kier alpha value is -1.26. The summed E-state index contributed by atoms with van der Waals surface area (Å²) in [6.07, 6.45) is 2.07. The molecule has 1 saturated heterocycles. The number of aliphatic carboxylic acids is 1. The fraction of sp³-hybridized carbons (Fsp3) is 0.500. The lowest BCUT2D eigenvalue weighted by molar-refractivity contribution is -0.143. The van der Waals surface area contributed by atoms with E-state index in [0.717, 1.165) is 25.9 Å². The molecule has 4 nitrogen and oxygen atoms in total. The van der Waals surface area contributed by atoms with Crippen molar-refractivity contribution in [2.24, 2.45) is 0 Å². The molecular formula is C14H18ClNO3. The molecule has 0 bridgehead atoms. The summed E-state index contributed by atoms with van der Waals surface area (Å²) in [5.74, 6) is -0.253. The van der Waals surface area contributed by atoms with Gasteiger partial charge in [0.25, 0.3) is 0 Å². The van der Waals surface area contributed by atoms with Gasteiger partial charge in [0.1, 0.15) is 11.8 Å². The molecule has 5 heteroatoms. The SMILES string of the molecule is CCOc1ccc(Cl)cc1[C@H](C(=O)O)N1CCCC1. The van der Waals surface area contributed by atoms with E-state index in [1.54, 1.807) is 18.2 Å². The summed E-state index contributed by atoms with van der Waals surface area (Å²) in [6, 6.07) is 4.48. The van der Waals surface area contributed by atoms with Gasteiger partial charge in [-0.1, -0.05) is 11.6 Å². The van der Waals surface area contributed by atoms with Crippen molar-refractivity contribution in [1.29, 1.82) is 0 Å². The molecule has 1 atom stereocenters. The maximum atomic E-state index is 11.6. The molecule has 0 spiro atoms. The maximum absolute atomic E-state index is 11.6. The Bertz CT molecular complexity index is 458. The normalized spacial score (nSPS) is 17.4. The van der Waals surface area contributed by atoms with Crippen LogP contribution in [0.25, 0.3) is 0 Å². The number of hydrogen-bond donors (Lipinski definition) is 1. The first-order valence-corrected chi connectivity index (χ1v) is 6.90. The van der Waals surface area contributed by atoms with E-state index in [2.05, 4.69) is 0 Å². The number of benzene rings is 1. The van der Waals surface area contributed by atoms with E-state index in [1.165, 1.54) is 0 Å². The fourth-order valence-electron chi connectivity index (χ4n) is 2.51. The van der Waals surface area contributed by atoms with Gasteiger partial charge in [0.05, 0.1) is 6.61 Å². The van der Waals surface area contributed by atoms with Gasteiger partial charge in [-0.3, -0.25) is 9.69 Å². The van der Waals surface area contributed by atoms with E-state index in [-0.39, 0.29) is 0 Å². The molecule has 104 valence electrons. The zero-order valence-corrected chi connectivity index (χ0v) is 11.7. The number of carboxylic acid groups (broad SMARTS) is 1. The third-order valence-corrected chi connectivity index (χ3v) is 3.54. The lowest BCUT2D eigenvalue weighted by atomic mass is 10.0. The number of carboxylic acids is 1. The minimum atomic E-state index is -0.856. The Labute approximate surface area is 117 Å². The van der Waals surface area contributed by atoms with E-state index in [9.17, 15) is 9.90 Å². The Morgan fingerprint density at radius 2 is 2.16 bits per heavy atom. The molecule has 0 aromatic heterocycles. The maximum Gasteiger partial charge on any atom is 0.325 e. The topological polar surface area (TPSA) is 49.8 Å². The summed E-state index contributed by atoms with van der Waals surface area (Å²) in [5.41, 5.74) is 0.642. The van der Waals surface area contributed by atoms with Crippen LogP contribution in [0.2, 0.25) is 5.02 Å². The smallest absolute Gasteiger partial charge is 0.325 e. The molecule has 1 aliphatic heterocycles. The zero-order chi connectivity index (χ0) is 13.8. The van der Waals surface area contributed by atoms with Gasteiger partial charge in [0.2, 0.25) is 0 Å². The van der Waals surface area contributed by atoms with E-state index < -0.39 is 12.0 Å². The first-order valence-electron chi connectivity index (χ1n) is 6.52. The van der Waals surface area contributed by atoms with Gasteiger partial charge in [0, 0.05) is 10.6 Å². The van der Waals surface area contributed by atoms with Crippen LogP contribution < -0.4 is 4.74 Å². The summed E-state index contributed by atoms with van der Waals surface area (Å²) >= 11 is 6.01. The molecule has 1 aromatic rings. The van der Waals surface area contributed by atoms with Crippen molar-refractivity contribution < 1.29 is 14.6 Å². The molecule has 19 heavy (non-hydrogen) atoms. The molecule has 0 saturated carbocycles. The van der Waals surface area contributed by atoms with E-state index in [0.29, 0.717) is 22.9 Å². The highest BCUT2D eigenvalue weighted by atomic mass is 35.5. The molecular weight excluding hydrogens is 266 g/mol. The fourth-order valence-corrected chi connectivity index (χ4v) is 2.69. The number of likely N-dealkylation sites (tertiary alicyclic amines) is 1. The lowest BCUT2D eigenvalue weighted by Gasteiger charge is -2.25. The van der Waals surface area contributed by atoms with Crippen LogP contribution in [0.5, 0.6) is 5.75 Å². The van der Waals surface area contributed by atoms with Gasteiger partial charge in [-0.25, -0.2) is 0 Å². The summed E-state index contributed by atoms with van der Waals surface area (Å²) in [7, 11) is 0. The summed E-state index contributed by atoms with van der Waals surface area (Å²) in [5, 5.41) is 10.1. The van der Waals surface area contributed by atoms with Crippen LogP contribution >= 0.6 is 11.6 Å². The minimum absolute atomic E-state index is 0.501. The second-order valence-electron chi connectivity index (χ2n) is 4.60. The van der Waals surface area contributed by atoms with Crippen molar-refractivity contribution in [2.45, 2.75) is 25.8 Å². The highest BCUT2D eigenvalue weighted by molar-refractivity contribution is 6.30. The quantitative estimate of drug-likeness (QED) is 0.903. The largest absolute Gasteiger partial charge is 0.494 e. The summed E-state index contributed by atoms with van der Waals surface area (Å²) in [4.78, 5) is 13.6. The lowest BCUT2D eigenvalue weighted by Crippen LogP contribution is -2.32. The number of halogens is 1. The molecule has 1 aliphatic rings. The number of ether oxygens (including phenoxy) is 1. The highest BCUT2D eigenvalue weighted by Gasteiger charge is 2.31. The highest BCUT2D eigenvalue weighted by Crippen LogP contribution is 2.34. The predicted octanol–water partition coefficient (Wildman–Crippen LogP) is 2.96. The zero-order valence-electron chi connectivity index (χ0n) is 10.9. The second-order valence-corrected chi connectivity index (χ2v) is 5.04. The molecule has 0 aliphatic carbocycles. The molecule has 2 rings (SSSR count). The Morgan fingerprint density at radius 1 is 1.47 bits per heavy atom. The monoisotopic (exact) mass is 283 g/mol. The Balaban J connectivity index is 2.39. The molecule has 0 radical (unpaired) electrons. The van der Waals surface area contributed by atoms with Crippen molar-refractivity contribution in [2.75, 3.05) is 19.7 Å². The molecule has 0 amide bonds. The number of nitrogens with zero attached hydrogens (tertiary/aromatic N) is 1. The molecule has 1 N–H and O–H groups in total. The average molecular weight is 284 g/mol. The van der Waals surface area contributed by atoms with Crippen LogP contribution in [0.1, 0.15) is 31.4 Å². The Morgan fingerprint density at radius 3 is 2.74 bits per heavy atom. The number of carbonyl (C=O) groups is 1. The van der Waals surface area contributed by atoms with Crippen molar-refractivity contribution in [3.8, 4) is 5.75 Å². The van der Waals surface area contributed by atoms with Crippen molar-refractivity contribution >= 4 is 17.6 Å². The second kappa shape index (κ2) is 6.26. The number of hydrogen-bond acceptors (Lipinski definition) is 3. The number of rotatable bonds is 5. The standard InChI is InChI=1S/C14H18ClNO3/c1-2-19-12-6-5-10(15)9-11(12)13(14(17)18)16-7-3-4-8-16/h5-6,9,13H,2-4,7-8H2,1H3,(H,17,18)/t13-/m1/s1. The molecule has 1 fully saturated rings. The third-order valence-electron chi connectivity index (χ3n) is 3.31.